The van der Waals surface area contributed by atoms with Crippen molar-refractivity contribution in [1.29, 1.82) is 0 Å². The Morgan fingerprint density at radius 3 is 2.94 bits per heavy atom. The van der Waals surface area contributed by atoms with Gasteiger partial charge in [-0.05, 0) is 19.1 Å². The molecule has 98 valence electrons. The minimum Gasteiger partial charge on any atom is -0.389 e. The Morgan fingerprint density at radius 1 is 1.44 bits per heavy atom. The summed E-state index contributed by atoms with van der Waals surface area (Å²) in [4.78, 5) is 13.2. The molecular formula is C13H17FN2O2. The lowest BCUT2D eigenvalue weighted by Crippen LogP contribution is -2.29. The summed E-state index contributed by atoms with van der Waals surface area (Å²) < 4.78 is 13.8. The number of nitrogens with one attached hydrogen (secondary N) is 1. The van der Waals surface area contributed by atoms with Gasteiger partial charge >= 0.3 is 0 Å². The molecule has 0 saturated carbocycles. The molecule has 1 unspecified atom stereocenters. The number of halogens is 1. The van der Waals surface area contributed by atoms with Crippen LogP contribution in [0, 0.1) is 5.82 Å². The van der Waals surface area contributed by atoms with Gasteiger partial charge < -0.3 is 15.3 Å². The second-order valence-electron chi connectivity index (χ2n) is 4.44. The van der Waals surface area contributed by atoms with Gasteiger partial charge in [-0.2, -0.15) is 0 Å². The normalized spacial score (nSPS) is 18.2. The molecule has 1 saturated heterocycles. The van der Waals surface area contributed by atoms with Gasteiger partial charge in [-0.3, -0.25) is 4.79 Å². The van der Waals surface area contributed by atoms with E-state index in [-0.39, 0.29) is 5.91 Å². The maximum absolute atomic E-state index is 13.8. The summed E-state index contributed by atoms with van der Waals surface area (Å²) in [5.74, 6) is -0.404. The van der Waals surface area contributed by atoms with Crippen molar-refractivity contribution in [2.24, 2.45) is 0 Å². The second kappa shape index (κ2) is 5.35. The first kappa shape index (κ1) is 12.8. The Bertz CT molecular complexity index is 449. The number of amides is 1. The van der Waals surface area contributed by atoms with Gasteiger partial charge in [-0.1, -0.05) is 6.07 Å². The van der Waals surface area contributed by atoms with Gasteiger partial charge in [0.1, 0.15) is 5.82 Å². The molecule has 4 nitrogen and oxygen atoms in total. The fraction of sp³-hybridized carbons (Fsp3) is 0.462. The standard InChI is InChI=1S/C13H17FN2O2/c1-9(17)13-10(14)3-2-4-11(13)16-7-5-12(18)15-6-8-16/h2-4,9,17H,5-8H2,1H3,(H,15,18). The molecule has 0 radical (unpaired) electrons. The van der Waals surface area contributed by atoms with Crippen LogP contribution in [0.15, 0.2) is 18.2 Å². The van der Waals surface area contributed by atoms with Crippen molar-refractivity contribution in [2.45, 2.75) is 19.4 Å². The molecule has 1 heterocycles. The van der Waals surface area contributed by atoms with Crippen molar-refractivity contribution in [2.75, 3.05) is 24.5 Å². The number of hydrogen-bond donors (Lipinski definition) is 2. The summed E-state index contributed by atoms with van der Waals surface area (Å²) >= 11 is 0. The van der Waals surface area contributed by atoms with Crippen LogP contribution in [-0.4, -0.2) is 30.6 Å². The van der Waals surface area contributed by atoms with Gasteiger partial charge in [0, 0.05) is 37.3 Å². The molecule has 0 bridgehead atoms. The lowest BCUT2D eigenvalue weighted by molar-refractivity contribution is -0.120. The molecule has 1 fully saturated rings. The van der Waals surface area contributed by atoms with E-state index in [1.807, 2.05) is 4.90 Å². The van der Waals surface area contributed by atoms with E-state index in [0.717, 1.165) is 0 Å². The average molecular weight is 252 g/mol. The lowest BCUT2D eigenvalue weighted by atomic mass is 10.1. The maximum atomic E-state index is 13.8. The number of rotatable bonds is 2. The fourth-order valence-corrected chi connectivity index (χ4v) is 2.22. The summed E-state index contributed by atoms with van der Waals surface area (Å²) in [6, 6.07) is 4.74. The van der Waals surface area contributed by atoms with Crippen molar-refractivity contribution >= 4 is 11.6 Å². The number of nitrogens with zero attached hydrogens (tertiary/aromatic N) is 1. The molecule has 1 aliphatic rings. The highest BCUT2D eigenvalue weighted by Gasteiger charge is 2.20. The van der Waals surface area contributed by atoms with Crippen molar-refractivity contribution in [3.63, 3.8) is 0 Å². The van der Waals surface area contributed by atoms with Crippen LogP contribution >= 0.6 is 0 Å². The van der Waals surface area contributed by atoms with Gasteiger partial charge in [0.05, 0.1) is 6.10 Å². The molecule has 2 N–H and O–H groups in total. The predicted molar refractivity (Wildman–Crippen MR) is 66.9 cm³/mol. The monoisotopic (exact) mass is 252 g/mol. The number of benzene rings is 1. The molecule has 0 spiro atoms. The smallest absolute Gasteiger partial charge is 0.221 e. The summed E-state index contributed by atoms with van der Waals surface area (Å²) in [6.07, 6.45) is -0.483. The van der Waals surface area contributed by atoms with Crippen molar-refractivity contribution in [3.8, 4) is 0 Å². The Kier molecular flexibility index (Phi) is 3.81. The van der Waals surface area contributed by atoms with E-state index in [2.05, 4.69) is 5.32 Å². The molecular weight excluding hydrogens is 235 g/mol. The third-order valence-electron chi connectivity index (χ3n) is 3.10. The van der Waals surface area contributed by atoms with Gasteiger partial charge in [-0.15, -0.1) is 0 Å². The first-order valence-corrected chi connectivity index (χ1v) is 6.07. The fourth-order valence-electron chi connectivity index (χ4n) is 2.22. The third kappa shape index (κ3) is 2.61. The van der Waals surface area contributed by atoms with Crippen LogP contribution in [0.2, 0.25) is 0 Å². The zero-order chi connectivity index (χ0) is 13.1. The number of carbonyl (C=O) groups is 1. The summed E-state index contributed by atoms with van der Waals surface area (Å²) in [5.41, 5.74) is 0.966. The summed E-state index contributed by atoms with van der Waals surface area (Å²) in [5, 5.41) is 12.5. The summed E-state index contributed by atoms with van der Waals surface area (Å²) in [7, 11) is 0. The van der Waals surface area contributed by atoms with Crippen LogP contribution in [0.3, 0.4) is 0 Å². The Morgan fingerprint density at radius 2 is 2.22 bits per heavy atom. The van der Waals surface area contributed by atoms with E-state index in [4.69, 9.17) is 0 Å². The molecule has 18 heavy (non-hydrogen) atoms. The molecule has 0 aliphatic carbocycles. The van der Waals surface area contributed by atoms with Gasteiger partial charge in [0.2, 0.25) is 5.91 Å². The highest BCUT2D eigenvalue weighted by molar-refractivity contribution is 5.77. The van der Waals surface area contributed by atoms with E-state index in [1.165, 1.54) is 6.07 Å². The molecule has 1 aliphatic heterocycles. The molecule has 1 atom stereocenters. The minimum atomic E-state index is -0.867. The van der Waals surface area contributed by atoms with Gasteiger partial charge in [-0.25, -0.2) is 4.39 Å². The maximum Gasteiger partial charge on any atom is 0.221 e. The van der Waals surface area contributed by atoms with Crippen LogP contribution in [0.5, 0.6) is 0 Å². The Labute approximate surface area is 105 Å². The Hall–Kier alpha value is -1.62. The zero-order valence-corrected chi connectivity index (χ0v) is 10.3. The minimum absolute atomic E-state index is 0.00694. The number of hydrogen-bond acceptors (Lipinski definition) is 3. The summed E-state index contributed by atoms with van der Waals surface area (Å²) in [6.45, 7) is 3.24. The van der Waals surface area contributed by atoms with Crippen LogP contribution in [0.1, 0.15) is 25.0 Å². The second-order valence-corrected chi connectivity index (χ2v) is 4.44. The highest BCUT2D eigenvalue weighted by Crippen LogP contribution is 2.29. The highest BCUT2D eigenvalue weighted by atomic mass is 19.1. The topological polar surface area (TPSA) is 52.6 Å². The number of anilines is 1. The first-order chi connectivity index (χ1) is 8.59. The molecule has 2 rings (SSSR count). The molecule has 1 amide bonds. The predicted octanol–water partition coefficient (Wildman–Crippen LogP) is 1.21. The average Bonchev–Trinajstić information content (AvgIpc) is 2.53. The van der Waals surface area contributed by atoms with Crippen LogP contribution < -0.4 is 10.2 Å². The van der Waals surface area contributed by atoms with E-state index >= 15 is 0 Å². The Balaban J connectivity index is 2.32. The first-order valence-electron chi connectivity index (χ1n) is 6.07. The number of carbonyl (C=O) groups excluding carboxylic acids is 1. The van der Waals surface area contributed by atoms with E-state index in [0.29, 0.717) is 37.3 Å². The van der Waals surface area contributed by atoms with Crippen molar-refractivity contribution in [1.82, 2.24) is 5.32 Å². The van der Waals surface area contributed by atoms with Crippen LogP contribution in [0.4, 0.5) is 10.1 Å². The number of aliphatic hydroxyl groups is 1. The SMILES string of the molecule is CC(O)c1c(F)cccc1N1CCNC(=O)CC1. The van der Waals surface area contributed by atoms with Gasteiger partial charge in [0.15, 0.2) is 0 Å². The van der Waals surface area contributed by atoms with Crippen LogP contribution in [-0.2, 0) is 4.79 Å². The molecule has 1 aromatic rings. The molecule has 5 heteroatoms. The largest absolute Gasteiger partial charge is 0.389 e. The van der Waals surface area contributed by atoms with Crippen LogP contribution in [0.25, 0.3) is 0 Å². The van der Waals surface area contributed by atoms with E-state index in [1.54, 1.807) is 19.1 Å². The van der Waals surface area contributed by atoms with E-state index in [9.17, 15) is 14.3 Å². The quantitative estimate of drug-likeness (QED) is 0.831. The van der Waals surface area contributed by atoms with Crippen molar-refractivity contribution < 1.29 is 14.3 Å². The lowest BCUT2D eigenvalue weighted by Gasteiger charge is -2.26. The molecule has 0 aromatic heterocycles. The number of aliphatic hydroxyl groups excluding tert-OH is 1. The van der Waals surface area contributed by atoms with Crippen molar-refractivity contribution in [3.05, 3.63) is 29.6 Å². The third-order valence-corrected chi connectivity index (χ3v) is 3.10. The van der Waals surface area contributed by atoms with Gasteiger partial charge in [0.25, 0.3) is 0 Å². The zero-order valence-electron chi connectivity index (χ0n) is 10.3. The van der Waals surface area contributed by atoms with E-state index < -0.39 is 11.9 Å². The molecule has 1 aromatic carbocycles.